The van der Waals surface area contributed by atoms with E-state index in [1.165, 1.54) is 12.1 Å². The summed E-state index contributed by atoms with van der Waals surface area (Å²) in [5, 5.41) is 20.5. The van der Waals surface area contributed by atoms with E-state index in [1.54, 1.807) is 6.07 Å². The van der Waals surface area contributed by atoms with Gasteiger partial charge in [-0.05, 0) is 87.7 Å². The number of benzene rings is 3. The monoisotopic (exact) mass is 494 g/mol. The summed E-state index contributed by atoms with van der Waals surface area (Å²) in [5.74, 6) is 0. The minimum atomic E-state index is -4.51. The molecule has 0 atom stereocenters. The Morgan fingerprint density at radius 3 is 1.83 bits per heavy atom. The Morgan fingerprint density at radius 1 is 0.833 bits per heavy atom. The van der Waals surface area contributed by atoms with Crippen molar-refractivity contribution < 1.29 is 13.2 Å². The highest BCUT2D eigenvalue weighted by atomic mass is 32.2. The average molecular weight is 495 g/mol. The molecule has 0 aliphatic heterocycles. The van der Waals surface area contributed by atoms with Crippen LogP contribution in [-0.4, -0.2) is 5.51 Å². The molecule has 0 aromatic heterocycles. The number of nitrogens with zero attached hydrogens (tertiary/aromatic N) is 4. The first kappa shape index (κ1) is 23.3. The number of rotatable bonds is 1. The lowest BCUT2D eigenvalue weighted by Gasteiger charge is -2.13. The van der Waals surface area contributed by atoms with Gasteiger partial charge in [-0.3, -0.25) is 0 Å². The Morgan fingerprint density at radius 2 is 1.33 bits per heavy atom. The van der Waals surface area contributed by atoms with Crippen molar-refractivity contribution in [3.63, 3.8) is 0 Å². The summed E-state index contributed by atoms with van der Waals surface area (Å²) < 4.78 is 40.1. The van der Waals surface area contributed by atoms with E-state index in [1.807, 2.05) is 37.3 Å². The lowest BCUT2D eigenvalue weighted by Crippen LogP contribution is -2.25. The summed E-state index contributed by atoms with van der Waals surface area (Å²) >= 11 is -0.218. The molecular formula is C28H13F3N4S. The molecular weight excluding hydrogens is 481 g/mol. The summed E-state index contributed by atoms with van der Waals surface area (Å²) in [6.07, 6.45) is 0.439. The quantitative estimate of drug-likeness (QED) is 0.217. The van der Waals surface area contributed by atoms with Crippen LogP contribution >= 0.6 is 11.8 Å². The number of halogens is 3. The van der Waals surface area contributed by atoms with Crippen LogP contribution in [0.25, 0.3) is 43.3 Å². The van der Waals surface area contributed by atoms with Gasteiger partial charge in [-0.25, -0.2) is 20.2 Å². The van der Waals surface area contributed by atoms with E-state index in [0.29, 0.717) is 50.2 Å². The predicted molar refractivity (Wildman–Crippen MR) is 130 cm³/mol. The van der Waals surface area contributed by atoms with Crippen LogP contribution in [0.15, 0.2) is 41.3 Å². The third-order valence-electron chi connectivity index (χ3n) is 6.63. The van der Waals surface area contributed by atoms with E-state index in [-0.39, 0.29) is 34.5 Å². The zero-order valence-corrected chi connectivity index (χ0v) is 19.5. The van der Waals surface area contributed by atoms with Crippen LogP contribution in [0.2, 0.25) is 0 Å². The van der Waals surface area contributed by atoms with Crippen molar-refractivity contribution in [3.05, 3.63) is 97.5 Å². The van der Waals surface area contributed by atoms with E-state index in [0.717, 1.165) is 16.7 Å². The van der Waals surface area contributed by atoms with Crippen molar-refractivity contribution >= 4 is 23.2 Å². The first-order chi connectivity index (χ1) is 17.2. The Balaban J connectivity index is 2.05. The van der Waals surface area contributed by atoms with Gasteiger partial charge in [0, 0.05) is 15.3 Å². The molecule has 0 unspecified atom stereocenters. The largest absolute Gasteiger partial charge is 0.446 e. The van der Waals surface area contributed by atoms with Gasteiger partial charge in [-0.15, -0.1) is 0 Å². The van der Waals surface area contributed by atoms with Crippen molar-refractivity contribution in [3.8, 4) is 34.4 Å². The van der Waals surface area contributed by atoms with E-state index in [4.69, 9.17) is 13.1 Å². The molecule has 36 heavy (non-hydrogen) atoms. The molecule has 0 saturated carbocycles. The molecule has 3 aromatic carbocycles. The van der Waals surface area contributed by atoms with Gasteiger partial charge < -0.3 is 0 Å². The van der Waals surface area contributed by atoms with E-state index in [2.05, 4.69) is 9.69 Å². The first-order valence-electron chi connectivity index (χ1n) is 10.7. The highest BCUT2D eigenvalue weighted by Gasteiger charge is 2.36. The van der Waals surface area contributed by atoms with Crippen LogP contribution in [0.3, 0.4) is 0 Å². The van der Waals surface area contributed by atoms with Crippen molar-refractivity contribution in [2.75, 3.05) is 0 Å². The lowest BCUT2D eigenvalue weighted by atomic mass is 9.90. The molecule has 3 aromatic rings. The molecule has 0 N–H and O–H groups in total. The number of fused-ring (bicyclic) bond motifs is 6. The number of hydrogen-bond acceptors (Lipinski definition) is 3. The molecule has 0 amide bonds. The zero-order chi connectivity index (χ0) is 25.8. The van der Waals surface area contributed by atoms with Crippen LogP contribution in [0.5, 0.6) is 0 Å². The lowest BCUT2D eigenvalue weighted by molar-refractivity contribution is -0.0328. The maximum Gasteiger partial charge on any atom is 0.446 e. The van der Waals surface area contributed by atoms with E-state index in [9.17, 15) is 23.7 Å². The second-order valence-corrected chi connectivity index (χ2v) is 9.49. The fraction of sp³-hybridized carbons (Fsp3) is 0.143. The van der Waals surface area contributed by atoms with Crippen molar-refractivity contribution in [1.29, 1.82) is 10.5 Å². The van der Waals surface area contributed by atoms with Gasteiger partial charge in [-0.1, -0.05) is 30.3 Å². The van der Waals surface area contributed by atoms with Crippen LogP contribution in [-0.2, 0) is 12.8 Å². The molecule has 8 heteroatoms. The highest BCUT2D eigenvalue weighted by Crippen LogP contribution is 2.46. The molecule has 4 nitrogen and oxygen atoms in total. The second kappa shape index (κ2) is 8.31. The van der Waals surface area contributed by atoms with Gasteiger partial charge in [0.05, 0.1) is 25.3 Å². The third kappa shape index (κ3) is 3.36. The van der Waals surface area contributed by atoms with Crippen molar-refractivity contribution in [2.45, 2.75) is 30.2 Å². The molecule has 5 rings (SSSR count). The molecule has 0 bridgehead atoms. The highest BCUT2D eigenvalue weighted by molar-refractivity contribution is 8.00. The number of hydrogen-bond donors (Lipinski definition) is 0. The molecule has 0 fully saturated rings. The maximum absolute atomic E-state index is 13.4. The number of aryl methyl sites for hydroxylation is 1. The van der Waals surface area contributed by atoms with Crippen LogP contribution in [0, 0.1) is 42.7 Å². The molecule has 172 valence electrons. The zero-order valence-electron chi connectivity index (χ0n) is 18.7. The SMILES string of the molecule is [C-]#[N+]/C(C#N)=c1/c2c(/c(=C(\C#N)[N+]#[C-])c3c1-c1cccc(C)c1C3)-c1cccc(SC(F)(F)F)c1C2. The topological polar surface area (TPSA) is 56.3 Å². The minimum absolute atomic E-state index is 0.0205. The molecule has 2 aliphatic carbocycles. The molecule has 0 heterocycles. The fourth-order valence-electron chi connectivity index (χ4n) is 5.33. The van der Waals surface area contributed by atoms with E-state index < -0.39 is 5.51 Å². The van der Waals surface area contributed by atoms with Gasteiger partial charge in [0.15, 0.2) is 0 Å². The van der Waals surface area contributed by atoms with Gasteiger partial charge in [-0.2, -0.15) is 13.2 Å². The van der Waals surface area contributed by atoms with Crippen molar-refractivity contribution in [2.24, 2.45) is 0 Å². The van der Waals surface area contributed by atoms with Crippen LogP contribution in [0.4, 0.5) is 13.2 Å². The summed E-state index contributed by atoms with van der Waals surface area (Å²) in [7, 11) is 0. The Kier molecular flexibility index (Phi) is 5.37. The van der Waals surface area contributed by atoms with Crippen LogP contribution in [0.1, 0.15) is 27.8 Å². The van der Waals surface area contributed by atoms with Gasteiger partial charge >= 0.3 is 5.51 Å². The smallest absolute Gasteiger partial charge is 0.226 e. The molecule has 0 radical (unpaired) electrons. The second-order valence-electron chi connectivity index (χ2n) is 8.39. The third-order valence-corrected chi connectivity index (χ3v) is 7.46. The molecule has 2 aliphatic rings. The number of thioether (sulfide) groups is 1. The summed E-state index contributed by atoms with van der Waals surface area (Å²) in [4.78, 5) is 6.97. The normalized spacial score (nSPS) is 14.2. The van der Waals surface area contributed by atoms with E-state index >= 15 is 0 Å². The summed E-state index contributed by atoms with van der Waals surface area (Å²) in [5.41, 5.74) is 1.09. The number of nitriles is 2. The Labute approximate surface area is 208 Å². The summed E-state index contributed by atoms with van der Waals surface area (Å²) in [6, 6.07) is 14.2. The first-order valence-corrected chi connectivity index (χ1v) is 11.5. The van der Waals surface area contributed by atoms with Gasteiger partial charge in [0.2, 0.25) is 0 Å². The standard InChI is InChI=1S/C28H13F3N4S/c1-14-6-4-7-15-17(14)10-19-24(15)27(22(13-33)35-3)20-11-18-16(25(20)26(19)21(12-32)34-2)8-5-9-23(18)36-28(29,30)31/h4-9H,10-11H2,1H3/b26-21+,27-22-. The Hall–Kier alpha value is -4.50. The molecule has 0 spiro atoms. The summed E-state index contributed by atoms with van der Waals surface area (Å²) in [6.45, 7) is 17.3. The van der Waals surface area contributed by atoms with Gasteiger partial charge in [0.25, 0.3) is 11.4 Å². The van der Waals surface area contributed by atoms with Crippen LogP contribution < -0.4 is 10.4 Å². The Bertz CT molecular complexity index is 1770. The minimum Gasteiger partial charge on any atom is -0.226 e. The molecule has 0 saturated heterocycles. The predicted octanol–water partition coefficient (Wildman–Crippen LogP) is 5.85. The average Bonchev–Trinajstić information content (AvgIpc) is 3.41. The number of alkyl halides is 3. The van der Waals surface area contributed by atoms with Gasteiger partial charge in [0.1, 0.15) is 0 Å². The van der Waals surface area contributed by atoms with Crippen molar-refractivity contribution in [1.82, 2.24) is 0 Å². The maximum atomic E-state index is 13.4. The fourth-order valence-corrected chi connectivity index (χ4v) is 6.03.